The molecule has 3 rings (SSSR count). The topological polar surface area (TPSA) is 336 Å². The summed E-state index contributed by atoms with van der Waals surface area (Å²) in [6, 6.07) is 8.69. The summed E-state index contributed by atoms with van der Waals surface area (Å²) < 4.78 is 0. The Morgan fingerprint density at radius 1 is 0.488 bits per heavy atom. The van der Waals surface area contributed by atoms with Gasteiger partial charge in [-0.15, -0.1) is 0 Å². The largest absolute Gasteiger partial charge is 0.478 e. The number of anilines is 1. The van der Waals surface area contributed by atoms with Gasteiger partial charge in [0.05, 0.1) is 32.1 Å². The molecule has 3 aromatic carbocycles. The second-order valence-corrected chi connectivity index (χ2v) is 7.61. The Hall–Kier alpha value is -6.92. The molecule has 0 amide bonds. The fourth-order valence-corrected chi connectivity index (χ4v) is 2.88. The number of carbonyl (C=O) groups is 6. The van der Waals surface area contributed by atoms with Crippen LogP contribution in [0.4, 0.5) is 17.1 Å². The van der Waals surface area contributed by atoms with Gasteiger partial charge in [-0.25, -0.2) is 28.8 Å². The van der Waals surface area contributed by atoms with Crippen molar-refractivity contribution >= 4 is 52.9 Å². The standard InChI is InChI=1S/2C8H5NO6.C8H7NO4/c2*10-7(11)4-1-2-5(8(12)13)6(3-4)9(14)15;9-6-3-4(7(10)11)1-2-5(6)8(12)13/h2*1-3H,(H,10,11)(H,12,13);1-3H,9H2,(H,10,11)(H,12,13). The molecule has 0 saturated heterocycles. The van der Waals surface area contributed by atoms with Gasteiger partial charge in [-0.05, 0) is 42.5 Å². The highest BCUT2D eigenvalue weighted by Crippen LogP contribution is 2.21. The molecule has 224 valence electrons. The molecule has 19 heteroatoms. The van der Waals surface area contributed by atoms with Gasteiger partial charge in [0.25, 0.3) is 11.4 Å². The molecule has 43 heavy (non-hydrogen) atoms. The summed E-state index contributed by atoms with van der Waals surface area (Å²) in [5.74, 6) is -7.96. The first kappa shape index (κ1) is 34.1. The van der Waals surface area contributed by atoms with Crippen LogP contribution in [-0.4, -0.2) is 76.3 Å². The van der Waals surface area contributed by atoms with Crippen molar-refractivity contribution in [1.29, 1.82) is 0 Å². The van der Waals surface area contributed by atoms with Crippen LogP contribution in [0.3, 0.4) is 0 Å². The van der Waals surface area contributed by atoms with Crippen LogP contribution in [0.1, 0.15) is 62.1 Å². The summed E-state index contributed by atoms with van der Waals surface area (Å²) in [4.78, 5) is 82.0. The number of hydrogen-bond donors (Lipinski definition) is 7. The van der Waals surface area contributed by atoms with Gasteiger partial charge in [-0.1, -0.05) is 0 Å². The number of nitrogens with zero attached hydrogens (tertiary/aromatic N) is 2. The number of hydrogen-bond acceptors (Lipinski definition) is 11. The number of carboxylic acid groups (broad SMARTS) is 6. The number of nitro benzene ring substituents is 2. The van der Waals surface area contributed by atoms with Gasteiger partial charge in [-0.3, -0.25) is 20.2 Å². The number of carboxylic acids is 6. The fourth-order valence-electron chi connectivity index (χ4n) is 2.88. The molecule has 8 N–H and O–H groups in total. The van der Waals surface area contributed by atoms with E-state index in [1.54, 1.807) is 0 Å². The molecular formula is C24H17N3O16. The molecule has 19 nitrogen and oxygen atoms in total. The highest BCUT2D eigenvalue weighted by Gasteiger charge is 2.22. The van der Waals surface area contributed by atoms with Gasteiger partial charge in [-0.2, -0.15) is 0 Å². The van der Waals surface area contributed by atoms with Crippen LogP contribution in [0.25, 0.3) is 0 Å². The van der Waals surface area contributed by atoms with Crippen LogP contribution in [0.2, 0.25) is 0 Å². The second kappa shape index (κ2) is 14.5. The Bertz CT molecular complexity index is 1580. The lowest BCUT2D eigenvalue weighted by Gasteiger charge is -2.00. The summed E-state index contributed by atoms with van der Waals surface area (Å²) in [6.07, 6.45) is 0. The first-order chi connectivity index (χ1) is 19.9. The molecule has 0 aliphatic rings. The van der Waals surface area contributed by atoms with E-state index in [2.05, 4.69) is 0 Å². The number of aromatic carboxylic acids is 6. The van der Waals surface area contributed by atoms with E-state index in [0.29, 0.717) is 12.1 Å². The van der Waals surface area contributed by atoms with Crippen molar-refractivity contribution in [2.24, 2.45) is 0 Å². The maximum Gasteiger partial charge on any atom is 0.342 e. The molecule has 0 atom stereocenters. The lowest BCUT2D eigenvalue weighted by atomic mass is 10.1. The number of nitrogen functional groups attached to an aromatic ring is 1. The first-order valence-corrected chi connectivity index (χ1v) is 10.7. The molecule has 0 aromatic heterocycles. The van der Waals surface area contributed by atoms with Gasteiger partial charge in [0.15, 0.2) is 0 Å². The van der Waals surface area contributed by atoms with Crippen LogP contribution in [0.5, 0.6) is 0 Å². The van der Waals surface area contributed by atoms with Gasteiger partial charge < -0.3 is 36.4 Å². The summed E-state index contributed by atoms with van der Waals surface area (Å²) in [5, 5.41) is 72.3. The number of nitro groups is 2. The van der Waals surface area contributed by atoms with Crippen molar-refractivity contribution in [3.8, 4) is 0 Å². The van der Waals surface area contributed by atoms with Gasteiger partial charge in [0.2, 0.25) is 0 Å². The van der Waals surface area contributed by atoms with E-state index in [1.165, 1.54) is 12.1 Å². The molecule has 0 unspecified atom stereocenters. The maximum absolute atomic E-state index is 10.6. The molecule has 3 aromatic rings. The highest BCUT2D eigenvalue weighted by molar-refractivity contribution is 5.98. The Labute approximate surface area is 236 Å². The molecular weight excluding hydrogens is 586 g/mol. The molecule has 0 spiro atoms. The molecule has 0 aliphatic carbocycles. The van der Waals surface area contributed by atoms with E-state index in [9.17, 15) is 49.0 Å². The third kappa shape index (κ3) is 9.35. The van der Waals surface area contributed by atoms with Gasteiger partial charge in [0.1, 0.15) is 11.1 Å². The Balaban J connectivity index is 0.000000324. The van der Waals surface area contributed by atoms with Crippen molar-refractivity contribution < 1.29 is 69.3 Å². The second-order valence-electron chi connectivity index (χ2n) is 7.61. The smallest absolute Gasteiger partial charge is 0.342 e. The zero-order valence-electron chi connectivity index (χ0n) is 20.9. The Morgan fingerprint density at radius 2 is 0.767 bits per heavy atom. The van der Waals surface area contributed by atoms with Crippen LogP contribution in [0, 0.1) is 20.2 Å². The first-order valence-electron chi connectivity index (χ1n) is 10.7. The SMILES string of the molecule is Nc1cc(C(=O)O)ccc1C(=O)O.O=C(O)c1ccc(C(=O)O)c([N+](=O)[O-])c1.O=C(O)c1ccc(C(=O)O)c([N+](=O)[O-])c1. The lowest BCUT2D eigenvalue weighted by molar-refractivity contribution is -0.385. The number of rotatable bonds is 8. The zero-order valence-corrected chi connectivity index (χ0v) is 20.9. The summed E-state index contributed by atoms with van der Waals surface area (Å²) in [7, 11) is 0. The normalized spacial score (nSPS) is 9.58. The van der Waals surface area contributed by atoms with Crippen LogP contribution in [0.15, 0.2) is 54.6 Å². The zero-order chi connectivity index (χ0) is 33.2. The van der Waals surface area contributed by atoms with Gasteiger partial charge in [0, 0.05) is 17.8 Å². The Morgan fingerprint density at radius 3 is 1.00 bits per heavy atom. The predicted molar refractivity (Wildman–Crippen MR) is 139 cm³/mol. The lowest BCUT2D eigenvalue weighted by Crippen LogP contribution is -2.05. The van der Waals surface area contributed by atoms with E-state index in [4.69, 9.17) is 36.4 Å². The summed E-state index contributed by atoms with van der Waals surface area (Å²) in [5.41, 5.74) is 1.95. The quantitative estimate of drug-likeness (QED) is 0.110. The van der Waals surface area contributed by atoms with E-state index in [1.807, 2.05) is 0 Å². The van der Waals surface area contributed by atoms with E-state index in [-0.39, 0.29) is 27.9 Å². The average molecular weight is 603 g/mol. The minimum atomic E-state index is -1.47. The monoisotopic (exact) mass is 603 g/mol. The Kier molecular flexibility index (Phi) is 11.5. The average Bonchev–Trinajstić information content (AvgIpc) is 2.92. The minimum Gasteiger partial charge on any atom is -0.478 e. The number of benzene rings is 3. The predicted octanol–water partition coefficient (Wildman–Crippen LogP) is 2.65. The van der Waals surface area contributed by atoms with Crippen LogP contribution < -0.4 is 5.73 Å². The van der Waals surface area contributed by atoms with Crippen LogP contribution in [-0.2, 0) is 0 Å². The van der Waals surface area contributed by atoms with Crippen molar-refractivity contribution in [2.75, 3.05) is 5.73 Å². The van der Waals surface area contributed by atoms with Crippen LogP contribution >= 0.6 is 0 Å². The molecule has 0 heterocycles. The fraction of sp³-hybridized carbons (Fsp3) is 0. The van der Waals surface area contributed by atoms with Crippen molar-refractivity contribution in [3.63, 3.8) is 0 Å². The van der Waals surface area contributed by atoms with Crippen molar-refractivity contribution in [1.82, 2.24) is 0 Å². The molecule has 0 radical (unpaired) electrons. The summed E-state index contributed by atoms with van der Waals surface area (Å²) in [6.45, 7) is 0. The maximum atomic E-state index is 10.6. The van der Waals surface area contributed by atoms with Gasteiger partial charge >= 0.3 is 35.8 Å². The third-order valence-corrected chi connectivity index (χ3v) is 4.87. The molecule has 0 aliphatic heterocycles. The van der Waals surface area contributed by atoms with E-state index in [0.717, 1.165) is 30.3 Å². The molecule has 0 fully saturated rings. The highest BCUT2D eigenvalue weighted by atomic mass is 16.6. The molecule has 0 saturated carbocycles. The molecule has 0 bridgehead atoms. The van der Waals surface area contributed by atoms with Crippen molar-refractivity contribution in [3.05, 3.63) is 108 Å². The van der Waals surface area contributed by atoms with Crippen molar-refractivity contribution in [2.45, 2.75) is 0 Å². The summed E-state index contributed by atoms with van der Waals surface area (Å²) >= 11 is 0. The third-order valence-electron chi connectivity index (χ3n) is 4.87. The number of nitrogens with two attached hydrogens (primary N) is 1. The minimum absolute atomic E-state index is 0.0255. The van der Waals surface area contributed by atoms with E-state index >= 15 is 0 Å². The van der Waals surface area contributed by atoms with E-state index < -0.39 is 68.2 Å².